The zero-order chi connectivity index (χ0) is 5.70. The van der Waals surface area contributed by atoms with E-state index in [1.54, 1.807) is 0 Å². The molecule has 0 aromatic rings. The molecular weight excluding hydrogens is 147 g/mol. The van der Waals surface area contributed by atoms with Gasteiger partial charge in [-0.25, -0.2) is 0 Å². The minimum atomic E-state index is -0.995. The molecule has 0 spiro atoms. The largest absolute Gasteiger partial charge is 0.355 e. The fourth-order valence-corrected chi connectivity index (χ4v) is 2.29. The molecule has 0 radical (unpaired) electrons. The van der Waals surface area contributed by atoms with E-state index in [2.05, 4.69) is 19.2 Å². The third-order valence-electron chi connectivity index (χ3n) is 0.411. The summed E-state index contributed by atoms with van der Waals surface area (Å²) in [5, 5.41) is 0. The van der Waals surface area contributed by atoms with Crippen LogP contribution in [-0.4, -0.2) is 10.6 Å². The minimum absolute atomic E-state index is 0.995. The lowest BCUT2D eigenvalue weighted by molar-refractivity contribution is 0.656. The van der Waals surface area contributed by atoms with E-state index in [9.17, 15) is 0 Å². The van der Waals surface area contributed by atoms with Gasteiger partial charge in [0.2, 0.25) is 0 Å². The molecule has 1 atom stereocenters. The normalized spacial score (nSPS) is 14.1. The van der Waals surface area contributed by atoms with Crippen molar-refractivity contribution in [2.45, 2.75) is 13.3 Å². The summed E-state index contributed by atoms with van der Waals surface area (Å²) in [6, 6.07) is 0. The van der Waals surface area contributed by atoms with E-state index in [0.717, 1.165) is 12.2 Å². The van der Waals surface area contributed by atoms with Gasteiger partial charge in [-0.2, -0.15) is 0 Å². The van der Waals surface area contributed by atoms with E-state index in [1.807, 2.05) is 0 Å². The molecule has 0 aromatic heterocycles. The smallest absolute Gasteiger partial charge is 0.145 e. The molecule has 1 unspecified atom stereocenters. The van der Waals surface area contributed by atoms with Gasteiger partial charge in [0, 0.05) is 5.75 Å². The van der Waals surface area contributed by atoms with Gasteiger partial charge in [0.25, 0.3) is 0 Å². The first kappa shape index (κ1) is 8.09. The molecule has 0 amide bonds. The van der Waals surface area contributed by atoms with Gasteiger partial charge in [0.1, 0.15) is 6.55 Å². The summed E-state index contributed by atoms with van der Waals surface area (Å²) in [5.41, 5.74) is 0. The van der Waals surface area contributed by atoms with Crippen molar-refractivity contribution in [3.63, 3.8) is 0 Å². The molecule has 0 aliphatic rings. The van der Waals surface area contributed by atoms with Gasteiger partial charge < -0.3 is 4.89 Å². The van der Waals surface area contributed by atoms with Crippen LogP contribution in [0.4, 0.5) is 0 Å². The molecule has 0 heterocycles. The Morgan fingerprint density at radius 2 is 2.43 bits per heavy atom. The fourth-order valence-electron chi connectivity index (χ4n) is 0.173. The number of rotatable bonds is 3. The molecule has 0 aromatic carbocycles. The monoisotopic (exact) mass is 156 g/mol. The van der Waals surface area contributed by atoms with Crippen LogP contribution >= 0.6 is 30.2 Å². The molecule has 0 bridgehead atoms. The highest BCUT2D eigenvalue weighted by Crippen LogP contribution is 2.49. The van der Waals surface area contributed by atoms with Crippen molar-refractivity contribution in [3.05, 3.63) is 0 Å². The second kappa shape index (κ2) is 5.23. The molecule has 0 saturated heterocycles. The second-order valence-corrected chi connectivity index (χ2v) is 6.02. The van der Waals surface area contributed by atoms with Crippen LogP contribution in [0.1, 0.15) is 13.3 Å². The first-order valence-electron chi connectivity index (χ1n) is 2.08. The van der Waals surface area contributed by atoms with Crippen LogP contribution in [0, 0.1) is 0 Å². The Bertz CT molecular complexity index is 41.9. The molecular formula is C3H9OPS2. The van der Waals surface area contributed by atoms with Gasteiger partial charge >= 0.3 is 0 Å². The van der Waals surface area contributed by atoms with Crippen LogP contribution < -0.4 is 0 Å². The predicted molar refractivity (Wildman–Crippen MR) is 40.9 cm³/mol. The van der Waals surface area contributed by atoms with Gasteiger partial charge in [-0.15, -0.1) is 12.2 Å². The lowest BCUT2D eigenvalue weighted by Crippen LogP contribution is -1.65. The lowest BCUT2D eigenvalue weighted by atomic mass is 10.6. The molecule has 0 aliphatic carbocycles. The summed E-state index contributed by atoms with van der Waals surface area (Å²) in [6.07, 6.45) is 1.12. The van der Waals surface area contributed by atoms with E-state index in [0.29, 0.717) is 0 Å². The molecule has 0 aliphatic heterocycles. The minimum Gasteiger partial charge on any atom is -0.355 e. The van der Waals surface area contributed by atoms with Gasteiger partial charge in [-0.3, -0.25) is 0 Å². The van der Waals surface area contributed by atoms with Crippen molar-refractivity contribution in [1.82, 2.24) is 0 Å². The highest BCUT2D eigenvalue weighted by molar-refractivity contribution is 8.81. The molecule has 1 nitrogen and oxygen atoms in total. The van der Waals surface area contributed by atoms with Crippen LogP contribution in [0.15, 0.2) is 0 Å². The van der Waals surface area contributed by atoms with Crippen molar-refractivity contribution in [2.24, 2.45) is 0 Å². The molecule has 7 heavy (non-hydrogen) atoms. The van der Waals surface area contributed by atoms with E-state index < -0.39 is 6.55 Å². The number of thiol groups is 1. The number of hydrogen-bond acceptors (Lipinski definition) is 3. The van der Waals surface area contributed by atoms with Crippen molar-refractivity contribution >= 4 is 30.2 Å². The Labute approximate surface area is 54.6 Å². The summed E-state index contributed by atoms with van der Waals surface area (Å²) in [7, 11) is 0. The Kier molecular flexibility index (Phi) is 6.05. The Balaban J connectivity index is 2.68. The molecule has 44 valence electrons. The average Bonchev–Trinajstić information content (AvgIpc) is 1.61. The summed E-state index contributed by atoms with van der Waals surface area (Å²) in [5.74, 6) is 1.02. The predicted octanol–water partition coefficient (Wildman–Crippen LogP) is 2.28. The SMILES string of the molecule is CCCSP(O)S. The first-order chi connectivity index (χ1) is 3.27. The van der Waals surface area contributed by atoms with Crippen molar-refractivity contribution in [1.29, 1.82) is 0 Å². The molecule has 0 rings (SSSR count). The maximum atomic E-state index is 8.58. The zero-order valence-corrected chi connectivity index (χ0v) is 6.77. The van der Waals surface area contributed by atoms with Gasteiger partial charge in [-0.1, -0.05) is 18.3 Å². The fraction of sp³-hybridized carbons (Fsp3) is 1.00. The number of hydrogen-bond donors (Lipinski definition) is 2. The quantitative estimate of drug-likeness (QED) is 0.483. The first-order valence-corrected chi connectivity index (χ1v) is 6.12. The molecule has 1 N–H and O–H groups in total. The Morgan fingerprint density at radius 3 is 2.57 bits per heavy atom. The third-order valence-corrected chi connectivity index (χ3v) is 3.51. The van der Waals surface area contributed by atoms with E-state index in [4.69, 9.17) is 4.89 Å². The highest BCUT2D eigenvalue weighted by Gasteiger charge is 1.92. The van der Waals surface area contributed by atoms with Crippen LogP contribution in [0.25, 0.3) is 0 Å². The van der Waals surface area contributed by atoms with Crippen LogP contribution in [0.2, 0.25) is 0 Å². The standard InChI is InChI=1S/C3H9OPS2/c1-2-3-7-5(4)6/h4,6H,2-3H2,1H3. The molecule has 0 fully saturated rings. The summed E-state index contributed by atoms with van der Waals surface area (Å²) in [4.78, 5) is 8.58. The average molecular weight is 156 g/mol. The van der Waals surface area contributed by atoms with Crippen molar-refractivity contribution in [2.75, 3.05) is 5.75 Å². The van der Waals surface area contributed by atoms with Crippen LogP contribution in [0.5, 0.6) is 0 Å². The van der Waals surface area contributed by atoms with E-state index in [-0.39, 0.29) is 0 Å². The maximum Gasteiger partial charge on any atom is 0.145 e. The Hall–Kier alpha value is 1.09. The maximum absolute atomic E-state index is 8.58. The Morgan fingerprint density at radius 1 is 1.86 bits per heavy atom. The summed E-state index contributed by atoms with van der Waals surface area (Å²) in [6.45, 7) is 1.09. The van der Waals surface area contributed by atoms with Gasteiger partial charge in [0.15, 0.2) is 0 Å². The summed E-state index contributed by atoms with van der Waals surface area (Å²) >= 11 is 5.33. The van der Waals surface area contributed by atoms with Crippen LogP contribution in [0.3, 0.4) is 0 Å². The lowest BCUT2D eigenvalue weighted by Gasteiger charge is -1.96. The van der Waals surface area contributed by atoms with E-state index >= 15 is 0 Å². The summed E-state index contributed by atoms with van der Waals surface area (Å²) < 4.78 is 0. The van der Waals surface area contributed by atoms with Crippen molar-refractivity contribution in [3.8, 4) is 0 Å². The molecule has 0 saturated carbocycles. The van der Waals surface area contributed by atoms with Crippen LogP contribution in [-0.2, 0) is 0 Å². The second-order valence-electron chi connectivity index (χ2n) is 1.09. The van der Waals surface area contributed by atoms with Gasteiger partial charge in [-0.05, 0) is 6.42 Å². The topological polar surface area (TPSA) is 20.2 Å². The zero-order valence-electron chi connectivity index (χ0n) is 4.16. The molecule has 4 heteroatoms. The van der Waals surface area contributed by atoms with E-state index in [1.165, 1.54) is 11.4 Å². The van der Waals surface area contributed by atoms with Gasteiger partial charge in [0.05, 0.1) is 0 Å². The van der Waals surface area contributed by atoms with Crippen molar-refractivity contribution < 1.29 is 4.89 Å². The third kappa shape index (κ3) is 7.09. The highest BCUT2D eigenvalue weighted by atomic mass is 33.1.